The van der Waals surface area contributed by atoms with Gasteiger partial charge in [0.2, 0.25) is 5.91 Å². The molecule has 4 heteroatoms. The van der Waals surface area contributed by atoms with Crippen molar-refractivity contribution >= 4 is 11.9 Å². The Balaban J connectivity index is 1.97. The molecule has 120 valence electrons. The molecule has 1 amide bonds. The SMILES string of the molecule is CC(CN(C)C(=O)Cc1cccc(C(=O)O)c1)c1ccccc1. The number of amides is 1. The van der Waals surface area contributed by atoms with Gasteiger partial charge in [0.05, 0.1) is 12.0 Å². The van der Waals surface area contributed by atoms with Gasteiger partial charge in [0.15, 0.2) is 0 Å². The first-order valence-electron chi connectivity index (χ1n) is 7.58. The van der Waals surface area contributed by atoms with E-state index < -0.39 is 5.97 Å². The van der Waals surface area contributed by atoms with Gasteiger partial charge < -0.3 is 10.0 Å². The molecule has 2 aromatic carbocycles. The lowest BCUT2D eigenvalue weighted by molar-refractivity contribution is -0.129. The summed E-state index contributed by atoms with van der Waals surface area (Å²) in [4.78, 5) is 25.0. The maximum Gasteiger partial charge on any atom is 0.335 e. The van der Waals surface area contributed by atoms with Crippen LogP contribution in [0.4, 0.5) is 0 Å². The number of aromatic carboxylic acids is 1. The molecule has 0 aliphatic rings. The molecule has 0 spiro atoms. The molecule has 0 fully saturated rings. The van der Waals surface area contributed by atoms with E-state index in [9.17, 15) is 9.59 Å². The van der Waals surface area contributed by atoms with E-state index in [1.165, 1.54) is 11.6 Å². The van der Waals surface area contributed by atoms with Crippen LogP contribution in [0.15, 0.2) is 54.6 Å². The Hall–Kier alpha value is -2.62. The number of hydrogen-bond acceptors (Lipinski definition) is 2. The Bertz CT molecular complexity index is 682. The number of carboxylic acid groups (broad SMARTS) is 1. The molecule has 4 nitrogen and oxygen atoms in total. The van der Waals surface area contributed by atoms with Gasteiger partial charge in [0.1, 0.15) is 0 Å². The average Bonchev–Trinajstić information content (AvgIpc) is 2.55. The summed E-state index contributed by atoms with van der Waals surface area (Å²) in [6.07, 6.45) is 0.207. The first kappa shape index (κ1) is 16.7. The predicted octanol–water partition coefficient (Wildman–Crippen LogP) is 3.19. The molecule has 0 radical (unpaired) electrons. The summed E-state index contributed by atoms with van der Waals surface area (Å²) in [7, 11) is 1.78. The summed E-state index contributed by atoms with van der Waals surface area (Å²) in [5.74, 6) is -0.754. The number of benzene rings is 2. The molecule has 0 saturated heterocycles. The Morgan fingerprint density at radius 3 is 2.43 bits per heavy atom. The number of likely N-dealkylation sites (N-methyl/N-ethyl adjacent to an activating group) is 1. The molecule has 2 rings (SSSR count). The number of carbonyl (C=O) groups excluding carboxylic acids is 1. The molecule has 0 saturated carbocycles. The Kier molecular flexibility index (Phi) is 5.52. The van der Waals surface area contributed by atoms with Gasteiger partial charge in [-0.2, -0.15) is 0 Å². The van der Waals surface area contributed by atoms with Crippen molar-refractivity contribution in [3.05, 3.63) is 71.3 Å². The van der Waals surface area contributed by atoms with Gasteiger partial charge in [-0.25, -0.2) is 4.79 Å². The normalized spacial score (nSPS) is 11.7. The minimum atomic E-state index is -0.981. The maximum absolute atomic E-state index is 12.3. The number of nitrogens with zero attached hydrogens (tertiary/aromatic N) is 1. The Morgan fingerprint density at radius 2 is 1.78 bits per heavy atom. The van der Waals surface area contributed by atoms with E-state index in [1.807, 2.05) is 18.2 Å². The molecule has 23 heavy (non-hydrogen) atoms. The zero-order valence-electron chi connectivity index (χ0n) is 13.4. The molecule has 1 N–H and O–H groups in total. The van der Waals surface area contributed by atoms with Crippen molar-refractivity contribution in [3.63, 3.8) is 0 Å². The molecule has 0 heterocycles. The predicted molar refractivity (Wildman–Crippen MR) is 89.6 cm³/mol. The van der Waals surface area contributed by atoms with Gasteiger partial charge in [-0.15, -0.1) is 0 Å². The highest BCUT2D eigenvalue weighted by molar-refractivity contribution is 5.88. The van der Waals surface area contributed by atoms with E-state index in [2.05, 4.69) is 19.1 Å². The van der Waals surface area contributed by atoms with Crippen LogP contribution in [0.2, 0.25) is 0 Å². The van der Waals surface area contributed by atoms with Crippen molar-refractivity contribution in [2.24, 2.45) is 0 Å². The van der Waals surface area contributed by atoms with Crippen molar-refractivity contribution in [2.45, 2.75) is 19.3 Å². The van der Waals surface area contributed by atoms with Crippen LogP contribution in [0.1, 0.15) is 34.3 Å². The summed E-state index contributed by atoms with van der Waals surface area (Å²) in [6.45, 7) is 2.71. The zero-order valence-corrected chi connectivity index (χ0v) is 13.4. The van der Waals surface area contributed by atoms with Gasteiger partial charge in [0, 0.05) is 13.6 Å². The lowest BCUT2D eigenvalue weighted by Crippen LogP contribution is -2.31. The van der Waals surface area contributed by atoms with Crippen molar-refractivity contribution in [2.75, 3.05) is 13.6 Å². The third-order valence-electron chi connectivity index (χ3n) is 3.87. The fourth-order valence-corrected chi connectivity index (χ4v) is 2.52. The summed E-state index contributed by atoms with van der Waals surface area (Å²) in [5.41, 5.74) is 2.12. The fraction of sp³-hybridized carbons (Fsp3) is 0.263. The Labute approximate surface area is 136 Å². The third kappa shape index (κ3) is 4.68. The minimum Gasteiger partial charge on any atom is -0.478 e. The smallest absolute Gasteiger partial charge is 0.335 e. The van der Waals surface area contributed by atoms with Crippen LogP contribution in [-0.4, -0.2) is 35.5 Å². The van der Waals surface area contributed by atoms with Gasteiger partial charge in [-0.3, -0.25) is 4.79 Å². The van der Waals surface area contributed by atoms with E-state index in [4.69, 9.17) is 5.11 Å². The van der Waals surface area contributed by atoms with Crippen LogP contribution in [0.25, 0.3) is 0 Å². The second-order valence-corrected chi connectivity index (χ2v) is 5.77. The van der Waals surface area contributed by atoms with Crippen LogP contribution in [0.3, 0.4) is 0 Å². The van der Waals surface area contributed by atoms with E-state index in [1.54, 1.807) is 30.1 Å². The summed E-state index contributed by atoms with van der Waals surface area (Å²) in [5, 5.41) is 9.00. The van der Waals surface area contributed by atoms with Crippen molar-refractivity contribution < 1.29 is 14.7 Å². The van der Waals surface area contributed by atoms with E-state index in [0.29, 0.717) is 12.1 Å². The quantitative estimate of drug-likeness (QED) is 0.891. The highest BCUT2D eigenvalue weighted by Gasteiger charge is 2.15. The monoisotopic (exact) mass is 311 g/mol. The minimum absolute atomic E-state index is 0.0182. The topological polar surface area (TPSA) is 57.6 Å². The van der Waals surface area contributed by atoms with Crippen molar-refractivity contribution in [1.29, 1.82) is 0 Å². The molecule has 0 bridgehead atoms. The number of carboxylic acids is 1. The van der Waals surface area contributed by atoms with Crippen LogP contribution in [0, 0.1) is 0 Å². The second-order valence-electron chi connectivity index (χ2n) is 5.77. The number of hydrogen-bond donors (Lipinski definition) is 1. The molecule has 1 unspecified atom stereocenters. The molecule has 1 atom stereocenters. The standard InChI is InChI=1S/C19H21NO3/c1-14(16-8-4-3-5-9-16)13-20(2)18(21)12-15-7-6-10-17(11-15)19(22)23/h3-11,14H,12-13H2,1-2H3,(H,22,23). The molecule has 0 aromatic heterocycles. The largest absolute Gasteiger partial charge is 0.478 e. The van der Waals surface area contributed by atoms with Crippen molar-refractivity contribution in [1.82, 2.24) is 4.90 Å². The highest BCUT2D eigenvalue weighted by atomic mass is 16.4. The number of carbonyl (C=O) groups is 2. The van der Waals surface area contributed by atoms with E-state index >= 15 is 0 Å². The average molecular weight is 311 g/mol. The summed E-state index contributed by atoms with van der Waals surface area (Å²) in [6, 6.07) is 16.6. The lowest BCUT2D eigenvalue weighted by atomic mass is 10.0. The van der Waals surface area contributed by atoms with E-state index in [-0.39, 0.29) is 23.8 Å². The van der Waals surface area contributed by atoms with Crippen LogP contribution in [-0.2, 0) is 11.2 Å². The van der Waals surface area contributed by atoms with E-state index in [0.717, 1.165) is 0 Å². The molecule has 2 aromatic rings. The maximum atomic E-state index is 12.3. The summed E-state index contributed by atoms with van der Waals surface area (Å²) >= 11 is 0. The van der Waals surface area contributed by atoms with Gasteiger partial charge in [0.25, 0.3) is 0 Å². The first-order chi connectivity index (χ1) is 11.0. The first-order valence-corrected chi connectivity index (χ1v) is 7.58. The van der Waals surface area contributed by atoms with Gasteiger partial charge in [-0.05, 0) is 29.2 Å². The van der Waals surface area contributed by atoms with Crippen LogP contribution in [0.5, 0.6) is 0 Å². The molecule has 0 aliphatic carbocycles. The Morgan fingerprint density at radius 1 is 1.09 bits per heavy atom. The third-order valence-corrected chi connectivity index (χ3v) is 3.87. The number of rotatable bonds is 6. The van der Waals surface area contributed by atoms with Crippen LogP contribution < -0.4 is 0 Å². The van der Waals surface area contributed by atoms with Crippen LogP contribution >= 0.6 is 0 Å². The van der Waals surface area contributed by atoms with Crippen molar-refractivity contribution in [3.8, 4) is 0 Å². The van der Waals surface area contributed by atoms with Gasteiger partial charge >= 0.3 is 5.97 Å². The zero-order chi connectivity index (χ0) is 16.8. The molecular weight excluding hydrogens is 290 g/mol. The lowest BCUT2D eigenvalue weighted by Gasteiger charge is -2.22. The molecule has 0 aliphatic heterocycles. The second kappa shape index (κ2) is 7.58. The highest BCUT2D eigenvalue weighted by Crippen LogP contribution is 2.16. The van der Waals surface area contributed by atoms with Gasteiger partial charge in [-0.1, -0.05) is 49.4 Å². The molecular formula is C19H21NO3. The summed E-state index contributed by atoms with van der Waals surface area (Å²) < 4.78 is 0. The fourth-order valence-electron chi connectivity index (χ4n) is 2.52.